The maximum Gasteiger partial charge on any atom is 0.0464 e. The summed E-state index contributed by atoms with van der Waals surface area (Å²) in [4.78, 5) is 0. The Kier molecular flexibility index (Phi) is 3.56. The zero-order valence-corrected chi connectivity index (χ0v) is 9.19. The minimum Gasteiger partial charge on any atom is -0.324 e. The van der Waals surface area contributed by atoms with Crippen molar-refractivity contribution in [2.75, 3.05) is 0 Å². The fraction of sp³-hybridized carbons (Fsp3) is 0.333. The van der Waals surface area contributed by atoms with Crippen LogP contribution in [-0.4, -0.2) is 0 Å². The molecule has 12 heavy (non-hydrogen) atoms. The SMILES string of the molecule is CC[C@H](N)c1ccc(Br)cc1Cl. The molecule has 0 aliphatic rings. The summed E-state index contributed by atoms with van der Waals surface area (Å²) < 4.78 is 0.986. The Hall–Kier alpha value is -0.0500. The Balaban J connectivity index is 3.01. The summed E-state index contributed by atoms with van der Waals surface area (Å²) in [5, 5.41) is 0.735. The molecule has 0 heterocycles. The van der Waals surface area contributed by atoms with Crippen LogP contribution in [0.2, 0.25) is 5.02 Å². The van der Waals surface area contributed by atoms with Crippen LogP contribution in [0.1, 0.15) is 24.9 Å². The molecule has 0 unspecified atom stereocenters. The zero-order chi connectivity index (χ0) is 9.14. The first-order valence-electron chi connectivity index (χ1n) is 3.85. The third-order valence-electron chi connectivity index (χ3n) is 1.80. The summed E-state index contributed by atoms with van der Waals surface area (Å²) in [5.41, 5.74) is 6.86. The molecule has 1 aromatic carbocycles. The third kappa shape index (κ3) is 2.22. The molecule has 1 nitrogen and oxygen atoms in total. The molecule has 1 aromatic rings. The summed E-state index contributed by atoms with van der Waals surface area (Å²) in [6.45, 7) is 2.04. The van der Waals surface area contributed by atoms with E-state index in [0.717, 1.165) is 21.5 Å². The van der Waals surface area contributed by atoms with Crippen LogP contribution in [0.3, 0.4) is 0 Å². The lowest BCUT2D eigenvalue weighted by Gasteiger charge is -2.10. The molecule has 0 aliphatic heterocycles. The number of hydrogen-bond acceptors (Lipinski definition) is 1. The van der Waals surface area contributed by atoms with Crippen LogP contribution in [0.4, 0.5) is 0 Å². The first-order chi connectivity index (χ1) is 5.65. The second-order valence-corrected chi connectivity index (χ2v) is 4.00. The van der Waals surface area contributed by atoms with Gasteiger partial charge in [0, 0.05) is 15.5 Å². The quantitative estimate of drug-likeness (QED) is 0.851. The van der Waals surface area contributed by atoms with Crippen LogP contribution in [0.25, 0.3) is 0 Å². The second-order valence-electron chi connectivity index (χ2n) is 2.68. The smallest absolute Gasteiger partial charge is 0.0464 e. The normalized spacial score (nSPS) is 13.0. The number of hydrogen-bond donors (Lipinski definition) is 1. The molecule has 0 radical (unpaired) electrons. The van der Waals surface area contributed by atoms with Gasteiger partial charge in [-0.05, 0) is 24.1 Å². The van der Waals surface area contributed by atoms with E-state index in [0.29, 0.717) is 0 Å². The molecule has 0 fully saturated rings. The Morgan fingerprint density at radius 3 is 2.75 bits per heavy atom. The molecular weight excluding hydrogens is 237 g/mol. The van der Waals surface area contributed by atoms with Crippen molar-refractivity contribution < 1.29 is 0 Å². The predicted molar refractivity (Wildman–Crippen MR) is 56.4 cm³/mol. The first kappa shape index (κ1) is 10.0. The van der Waals surface area contributed by atoms with Gasteiger partial charge in [0.1, 0.15) is 0 Å². The van der Waals surface area contributed by atoms with Gasteiger partial charge in [0.25, 0.3) is 0 Å². The average molecular weight is 249 g/mol. The second kappa shape index (κ2) is 4.26. The Labute approximate surface area is 86.0 Å². The van der Waals surface area contributed by atoms with Crippen molar-refractivity contribution in [3.63, 3.8) is 0 Å². The minimum atomic E-state index is 0.0469. The van der Waals surface area contributed by atoms with Crippen molar-refractivity contribution in [3.05, 3.63) is 33.3 Å². The minimum absolute atomic E-state index is 0.0469. The third-order valence-corrected chi connectivity index (χ3v) is 2.62. The fourth-order valence-corrected chi connectivity index (χ4v) is 1.84. The molecule has 1 atom stereocenters. The van der Waals surface area contributed by atoms with E-state index < -0.39 is 0 Å². The van der Waals surface area contributed by atoms with Crippen molar-refractivity contribution in [1.82, 2.24) is 0 Å². The summed E-state index contributed by atoms with van der Waals surface area (Å²) in [6.07, 6.45) is 0.904. The van der Waals surface area contributed by atoms with E-state index in [1.165, 1.54) is 0 Å². The fourth-order valence-electron chi connectivity index (χ4n) is 1.02. The van der Waals surface area contributed by atoms with Gasteiger partial charge in [0.2, 0.25) is 0 Å². The summed E-state index contributed by atoms with van der Waals surface area (Å²) in [6, 6.07) is 5.83. The summed E-state index contributed by atoms with van der Waals surface area (Å²) >= 11 is 9.34. The van der Waals surface area contributed by atoms with Crippen molar-refractivity contribution in [3.8, 4) is 0 Å². The van der Waals surface area contributed by atoms with E-state index in [1.807, 2.05) is 25.1 Å². The summed E-state index contributed by atoms with van der Waals surface area (Å²) in [5.74, 6) is 0. The van der Waals surface area contributed by atoms with E-state index in [1.54, 1.807) is 0 Å². The van der Waals surface area contributed by atoms with E-state index in [-0.39, 0.29) is 6.04 Å². The molecule has 0 aromatic heterocycles. The van der Waals surface area contributed by atoms with Crippen LogP contribution in [0.5, 0.6) is 0 Å². The maximum absolute atomic E-state index is 5.99. The zero-order valence-electron chi connectivity index (χ0n) is 6.85. The highest BCUT2D eigenvalue weighted by atomic mass is 79.9. The molecule has 1 rings (SSSR count). The van der Waals surface area contributed by atoms with Gasteiger partial charge in [-0.3, -0.25) is 0 Å². The van der Waals surface area contributed by atoms with E-state index in [4.69, 9.17) is 17.3 Å². The van der Waals surface area contributed by atoms with Crippen molar-refractivity contribution in [2.45, 2.75) is 19.4 Å². The number of rotatable bonds is 2. The molecule has 0 bridgehead atoms. The topological polar surface area (TPSA) is 26.0 Å². The molecule has 0 aliphatic carbocycles. The molecule has 3 heteroatoms. The van der Waals surface area contributed by atoms with Crippen LogP contribution in [0, 0.1) is 0 Å². The molecule has 0 spiro atoms. The van der Waals surface area contributed by atoms with Crippen LogP contribution in [0.15, 0.2) is 22.7 Å². The van der Waals surface area contributed by atoms with E-state index in [2.05, 4.69) is 15.9 Å². The Morgan fingerprint density at radius 2 is 2.25 bits per heavy atom. The highest BCUT2D eigenvalue weighted by molar-refractivity contribution is 9.10. The van der Waals surface area contributed by atoms with Gasteiger partial charge in [-0.2, -0.15) is 0 Å². The largest absolute Gasteiger partial charge is 0.324 e. The average Bonchev–Trinajstić information content (AvgIpc) is 2.03. The van der Waals surface area contributed by atoms with Crippen molar-refractivity contribution >= 4 is 27.5 Å². The molecule has 66 valence electrons. The van der Waals surface area contributed by atoms with E-state index >= 15 is 0 Å². The Bertz CT molecular complexity index is 275. The molecule has 0 amide bonds. The van der Waals surface area contributed by atoms with Crippen LogP contribution in [-0.2, 0) is 0 Å². The van der Waals surface area contributed by atoms with Gasteiger partial charge in [0.05, 0.1) is 0 Å². The first-order valence-corrected chi connectivity index (χ1v) is 5.02. The lowest BCUT2D eigenvalue weighted by Crippen LogP contribution is -2.08. The lowest BCUT2D eigenvalue weighted by atomic mass is 10.1. The monoisotopic (exact) mass is 247 g/mol. The summed E-state index contributed by atoms with van der Waals surface area (Å²) in [7, 11) is 0. The predicted octanol–water partition coefficient (Wildman–Crippen LogP) is 3.51. The van der Waals surface area contributed by atoms with Gasteiger partial charge < -0.3 is 5.73 Å². The lowest BCUT2D eigenvalue weighted by molar-refractivity contribution is 0.699. The van der Waals surface area contributed by atoms with Crippen LogP contribution >= 0.6 is 27.5 Å². The van der Waals surface area contributed by atoms with Gasteiger partial charge in [-0.15, -0.1) is 0 Å². The number of halogens is 2. The van der Waals surface area contributed by atoms with E-state index in [9.17, 15) is 0 Å². The highest BCUT2D eigenvalue weighted by Gasteiger charge is 2.07. The maximum atomic E-state index is 5.99. The van der Waals surface area contributed by atoms with Gasteiger partial charge in [0.15, 0.2) is 0 Å². The standard InChI is InChI=1S/C9H11BrClN/c1-2-9(12)7-4-3-6(10)5-8(7)11/h3-5,9H,2,12H2,1H3/t9-/m0/s1. The Morgan fingerprint density at radius 1 is 1.58 bits per heavy atom. The molecular formula is C9H11BrClN. The van der Waals surface area contributed by atoms with Gasteiger partial charge in [-0.1, -0.05) is 40.5 Å². The molecule has 0 saturated carbocycles. The van der Waals surface area contributed by atoms with Gasteiger partial charge >= 0.3 is 0 Å². The number of nitrogens with two attached hydrogens (primary N) is 1. The van der Waals surface area contributed by atoms with Crippen LogP contribution < -0.4 is 5.73 Å². The molecule has 2 N–H and O–H groups in total. The van der Waals surface area contributed by atoms with Gasteiger partial charge in [-0.25, -0.2) is 0 Å². The highest BCUT2D eigenvalue weighted by Crippen LogP contribution is 2.26. The van der Waals surface area contributed by atoms with Crippen molar-refractivity contribution in [2.24, 2.45) is 5.73 Å². The molecule has 0 saturated heterocycles. The van der Waals surface area contributed by atoms with Crippen molar-refractivity contribution in [1.29, 1.82) is 0 Å². The number of benzene rings is 1.